The van der Waals surface area contributed by atoms with E-state index in [1.807, 2.05) is 0 Å². The first-order valence-electron chi connectivity index (χ1n) is 13.8. The molecular formula is C35H39N2+. The number of imidazole rings is 1. The monoisotopic (exact) mass is 487 g/mol. The van der Waals surface area contributed by atoms with Crippen LogP contribution in [0.1, 0.15) is 69.7 Å². The van der Waals surface area contributed by atoms with E-state index in [4.69, 9.17) is 6.58 Å². The molecule has 0 fully saturated rings. The minimum Gasteiger partial charge on any atom is -0.219 e. The molecule has 2 aromatic heterocycles. The highest BCUT2D eigenvalue weighted by Crippen LogP contribution is 2.46. The summed E-state index contributed by atoms with van der Waals surface area (Å²) in [5, 5.41) is 4.00. The van der Waals surface area contributed by atoms with E-state index in [9.17, 15) is 0 Å². The van der Waals surface area contributed by atoms with Gasteiger partial charge >= 0.3 is 0 Å². The Labute approximate surface area is 221 Å². The predicted molar refractivity (Wildman–Crippen MR) is 158 cm³/mol. The summed E-state index contributed by atoms with van der Waals surface area (Å²) in [6, 6.07) is 20.7. The third kappa shape index (κ3) is 3.27. The molecule has 2 nitrogen and oxygen atoms in total. The number of aryl methyl sites for hydroxylation is 2. The van der Waals surface area contributed by atoms with Crippen molar-refractivity contribution in [2.75, 3.05) is 0 Å². The molecule has 0 atom stereocenters. The molecule has 37 heavy (non-hydrogen) atoms. The summed E-state index contributed by atoms with van der Waals surface area (Å²) < 4.78 is 5.14. The van der Waals surface area contributed by atoms with Gasteiger partial charge in [0.05, 0.1) is 5.39 Å². The lowest BCUT2D eigenvalue weighted by Crippen LogP contribution is -2.57. The largest absolute Gasteiger partial charge is 0.296 e. The van der Waals surface area contributed by atoms with Crippen molar-refractivity contribution in [1.29, 1.82) is 0 Å². The van der Waals surface area contributed by atoms with Crippen LogP contribution in [0.5, 0.6) is 0 Å². The van der Waals surface area contributed by atoms with Gasteiger partial charge in [0.15, 0.2) is 5.69 Å². The van der Waals surface area contributed by atoms with Crippen LogP contribution in [-0.2, 0) is 12.0 Å². The Kier molecular flexibility index (Phi) is 5.22. The maximum atomic E-state index is 4.75. The Balaban J connectivity index is 1.88. The van der Waals surface area contributed by atoms with E-state index in [0.29, 0.717) is 0 Å². The number of fused-ring (bicyclic) bond motifs is 3. The summed E-state index contributed by atoms with van der Waals surface area (Å²) in [5.74, 6) is 0. The average Bonchev–Trinajstić information content (AvgIpc) is 3.24. The van der Waals surface area contributed by atoms with Crippen molar-refractivity contribution >= 4 is 32.9 Å². The Morgan fingerprint density at radius 1 is 0.892 bits per heavy atom. The zero-order valence-electron chi connectivity index (χ0n) is 23.5. The van der Waals surface area contributed by atoms with Gasteiger partial charge < -0.3 is 0 Å². The topological polar surface area (TPSA) is 8.29 Å². The molecular weight excluding hydrogens is 448 g/mol. The Morgan fingerprint density at radius 3 is 2.22 bits per heavy atom. The van der Waals surface area contributed by atoms with Crippen molar-refractivity contribution in [2.45, 2.75) is 73.3 Å². The van der Waals surface area contributed by atoms with Gasteiger partial charge in [0.2, 0.25) is 0 Å². The van der Waals surface area contributed by atoms with Gasteiger partial charge in [0.1, 0.15) is 17.3 Å². The minimum atomic E-state index is -0.138. The SMILES string of the molecule is C=C1c2cccc3c4cc(CC(C)(C)C)ccc4n4c(-c5c(C)cccc5C)c[n+](c4c23)C1(CC)CC. The lowest BCUT2D eigenvalue weighted by atomic mass is 9.77. The van der Waals surface area contributed by atoms with Crippen molar-refractivity contribution in [3.63, 3.8) is 0 Å². The van der Waals surface area contributed by atoms with Crippen LogP contribution >= 0.6 is 0 Å². The highest BCUT2D eigenvalue weighted by atomic mass is 15.2. The van der Waals surface area contributed by atoms with E-state index in [1.165, 1.54) is 66.4 Å². The van der Waals surface area contributed by atoms with Gasteiger partial charge in [-0.25, -0.2) is 4.57 Å². The van der Waals surface area contributed by atoms with Crippen molar-refractivity contribution in [1.82, 2.24) is 4.40 Å². The van der Waals surface area contributed by atoms with E-state index in [1.54, 1.807) is 0 Å². The molecule has 5 aromatic rings. The van der Waals surface area contributed by atoms with E-state index in [0.717, 1.165) is 19.3 Å². The van der Waals surface area contributed by atoms with Crippen molar-refractivity contribution in [2.24, 2.45) is 5.41 Å². The Morgan fingerprint density at radius 2 is 1.57 bits per heavy atom. The molecule has 0 radical (unpaired) electrons. The Hall–Kier alpha value is -3.39. The van der Waals surface area contributed by atoms with Crippen LogP contribution in [0.15, 0.2) is 67.4 Å². The number of rotatable bonds is 4. The van der Waals surface area contributed by atoms with E-state index >= 15 is 0 Å². The second kappa shape index (κ2) is 8.05. The molecule has 0 saturated carbocycles. The molecule has 0 unspecified atom stereocenters. The van der Waals surface area contributed by atoms with E-state index in [-0.39, 0.29) is 11.0 Å². The number of benzene rings is 3. The summed E-state index contributed by atoms with van der Waals surface area (Å²) >= 11 is 0. The molecule has 3 heterocycles. The summed E-state index contributed by atoms with van der Waals surface area (Å²) in [5.41, 5.74) is 11.9. The maximum Gasteiger partial charge on any atom is 0.296 e. The smallest absolute Gasteiger partial charge is 0.219 e. The van der Waals surface area contributed by atoms with Crippen molar-refractivity contribution in [3.8, 4) is 11.3 Å². The molecule has 3 aromatic carbocycles. The quantitative estimate of drug-likeness (QED) is 0.177. The molecule has 0 bridgehead atoms. The number of allylic oxidation sites excluding steroid dienone is 1. The standard InChI is InChI=1S/C35H39N2/c1-9-35(10-2)24(5)26-15-12-16-27-28-19-25(20-34(6,7)8)17-18-29(28)37-30(21-36(35)33(37)32(26)27)31-22(3)13-11-14-23(31)4/h11-19,21H,5,9-10,20H2,1-4,6-8H3/q+1. The van der Waals surface area contributed by atoms with Crippen LogP contribution in [-0.4, -0.2) is 4.40 Å². The second-order valence-electron chi connectivity index (χ2n) is 12.3. The third-order valence-corrected chi connectivity index (χ3v) is 8.80. The lowest BCUT2D eigenvalue weighted by molar-refractivity contribution is -0.726. The summed E-state index contributed by atoms with van der Waals surface area (Å²) in [4.78, 5) is 0. The summed E-state index contributed by atoms with van der Waals surface area (Å²) in [6.07, 6.45) is 5.51. The van der Waals surface area contributed by atoms with Crippen molar-refractivity contribution in [3.05, 3.63) is 89.6 Å². The van der Waals surface area contributed by atoms with E-state index in [2.05, 4.69) is 118 Å². The third-order valence-electron chi connectivity index (χ3n) is 8.80. The number of hydrogen-bond acceptors (Lipinski definition) is 0. The molecule has 0 N–H and O–H groups in total. The molecule has 2 heteroatoms. The first-order chi connectivity index (χ1) is 17.6. The van der Waals surface area contributed by atoms with Gasteiger partial charge in [-0.3, -0.25) is 0 Å². The second-order valence-corrected chi connectivity index (χ2v) is 12.3. The van der Waals surface area contributed by atoms with Gasteiger partial charge in [-0.1, -0.05) is 83.7 Å². The summed E-state index contributed by atoms with van der Waals surface area (Å²) in [6.45, 7) is 20.8. The van der Waals surface area contributed by atoms with Gasteiger partial charge in [-0.05, 0) is 72.9 Å². The van der Waals surface area contributed by atoms with Crippen molar-refractivity contribution < 1.29 is 4.57 Å². The normalized spacial score (nSPS) is 14.9. The first-order valence-corrected chi connectivity index (χ1v) is 13.8. The van der Waals surface area contributed by atoms with Crippen LogP contribution < -0.4 is 4.57 Å². The fourth-order valence-corrected chi connectivity index (χ4v) is 7.06. The first kappa shape index (κ1) is 24.0. The van der Waals surface area contributed by atoms with Gasteiger partial charge in [-0.15, -0.1) is 0 Å². The fourth-order valence-electron chi connectivity index (χ4n) is 7.06. The number of pyridine rings is 1. The molecule has 0 aliphatic carbocycles. The van der Waals surface area contributed by atoms with Crippen LogP contribution in [0.3, 0.4) is 0 Å². The number of aromatic nitrogens is 2. The maximum absolute atomic E-state index is 4.75. The minimum absolute atomic E-state index is 0.138. The molecule has 1 aliphatic heterocycles. The van der Waals surface area contributed by atoms with Gasteiger partial charge in [0.25, 0.3) is 5.65 Å². The molecule has 6 rings (SSSR count). The highest BCUT2D eigenvalue weighted by molar-refractivity contribution is 6.16. The van der Waals surface area contributed by atoms with E-state index < -0.39 is 0 Å². The van der Waals surface area contributed by atoms with Gasteiger partial charge in [-0.2, -0.15) is 4.40 Å². The number of hydrogen-bond donors (Lipinski definition) is 0. The molecule has 0 saturated heterocycles. The number of nitrogens with zero attached hydrogens (tertiary/aromatic N) is 2. The van der Waals surface area contributed by atoms with Gasteiger partial charge in [0, 0.05) is 21.9 Å². The predicted octanol–water partition coefficient (Wildman–Crippen LogP) is 8.95. The summed E-state index contributed by atoms with van der Waals surface area (Å²) in [7, 11) is 0. The van der Waals surface area contributed by atoms with Crippen LogP contribution in [0.4, 0.5) is 0 Å². The lowest BCUT2D eigenvalue weighted by Gasteiger charge is -2.35. The average molecular weight is 488 g/mol. The molecule has 0 spiro atoms. The molecule has 188 valence electrons. The highest BCUT2D eigenvalue weighted by Gasteiger charge is 2.45. The molecule has 0 amide bonds. The molecule has 1 aliphatic rings. The zero-order chi connectivity index (χ0) is 26.3. The fraction of sp³-hybridized carbons (Fsp3) is 0.343. The van der Waals surface area contributed by atoms with Crippen LogP contribution in [0.25, 0.3) is 44.2 Å². The van der Waals surface area contributed by atoms with Crippen LogP contribution in [0.2, 0.25) is 0 Å². The zero-order valence-corrected chi connectivity index (χ0v) is 23.5. The Bertz CT molecular complexity index is 1720. The van der Waals surface area contributed by atoms with Crippen LogP contribution in [0, 0.1) is 19.3 Å².